The number of rotatable bonds is 5. The molecule has 0 aliphatic carbocycles. The molecule has 0 fully saturated rings. The summed E-state index contributed by atoms with van der Waals surface area (Å²) < 4.78 is 15.3. The van der Waals surface area contributed by atoms with Crippen molar-refractivity contribution in [2.24, 2.45) is 0 Å². The van der Waals surface area contributed by atoms with Crippen LogP contribution in [0.2, 0.25) is 0 Å². The van der Waals surface area contributed by atoms with Gasteiger partial charge >= 0.3 is 69.1 Å². The van der Waals surface area contributed by atoms with Crippen LogP contribution < -0.4 is 70.3 Å². The van der Waals surface area contributed by atoms with Crippen molar-refractivity contribution in [2.75, 3.05) is 14.2 Å². The molecule has 15 heteroatoms. The van der Waals surface area contributed by atoms with Crippen molar-refractivity contribution >= 4 is 5.97 Å². The molecule has 2 aromatic rings. The molecule has 0 aliphatic rings. The van der Waals surface area contributed by atoms with Gasteiger partial charge < -0.3 is 53.3 Å². The first-order chi connectivity index (χ1) is 10.0. The van der Waals surface area contributed by atoms with E-state index in [1.165, 1.54) is 32.4 Å². The fraction of sp³-hybridized carbons (Fsp3) is 0.167. The third-order valence-corrected chi connectivity index (χ3v) is 2.40. The van der Waals surface area contributed by atoms with Crippen LogP contribution in [0, 0.1) is 5.21 Å². The molecule has 0 unspecified atom stereocenters. The number of ether oxygens (including phenoxy) is 3. The summed E-state index contributed by atoms with van der Waals surface area (Å²) in [5, 5.41) is 20.5. The Morgan fingerprint density at radius 2 is 1.59 bits per heavy atom. The van der Waals surface area contributed by atoms with Crippen molar-refractivity contribution in [2.45, 2.75) is 0 Å². The van der Waals surface area contributed by atoms with Crippen LogP contribution in [-0.4, -0.2) is 62.6 Å². The van der Waals surface area contributed by atoms with E-state index in [2.05, 4.69) is 9.97 Å². The van der Waals surface area contributed by atoms with E-state index in [9.17, 15) is 10.0 Å². The van der Waals surface area contributed by atoms with Crippen molar-refractivity contribution < 1.29 is 109 Å². The minimum atomic E-state index is -1.43. The van der Waals surface area contributed by atoms with Crippen LogP contribution in [-0.2, 0) is 0 Å². The molecule has 2 aromatic heterocycles. The van der Waals surface area contributed by atoms with Gasteiger partial charge in [-0.05, 0) is 6.07 Å². The van der Waals surface area contributed by atoms with E-state index in [1.807, 2.05) is 0 Å². The fourth-order valence-corrected chi connectivity index (χ4v) is 1.49. The van der Waals surface area contributed by atoms with Gasteiger partial charge in [0.25, 0.3) is 0 Å². The van der Waals surface area contributed by atoms with Crippen LogP contribution in [0.3, 0.4) is 0 Å². The Morgan fingerprint density at radius 3 is 2.00 bits per heavy atom. The Labute approximate surface area is 196 Å². The Balaban J connectivity index is -0.000000173. The average molecular weight is 423 g/mol. The summed E-state index contributed by atoms with van der Waals surface area (Å²) in [4.78, 5) is 18.9. The number of aromatic carboxylic acids is 1. The number of carbonyl (C=O) groups is 1. The van der Waals surface area contributed by atoms with Crippen molar-refractivity contribution in [3.63, 3.8) is 0 Å². The number of nitrogens with zero attached hydrogens (tertiary/aromatic N) is 3. The molecule has 27 heavy (non-hydrogen) atoms. The van der Waals surface area contributed by atoms with E-state index in [0.717, 1.165) is 6.20 Å². The quantitative estimate of drug-likeness (QED) is 0.273. The molecule has 0 amide bonds. The molecule has 0 spiro atoms. The summed E-state index contributed by atoms with van der Waals surface area (Å²) in [7, 11) is 2.78. The molecule has 152 valence electrons. The molecule has 0 radical (unpaired) electrons. The van der Waals surface area contributed by atoms with Gasteiger partial charge in [0.2, 0.25) is 17.5 Å². The van der Waals surface area contributed by atoms with Crippen LogP contribution in [0.1, 0.15) is 11.9 Å². The molecule has 0 bridgehead atoms. The number of pyridine rings is 1. The molecule has 0 saturated carbocycles. The molecule has 2 rings (SSSR count). The maximum absolute atomic E-state index is 11.5. The zero-order valence-corrected chi connectivity index (χ0v) is 17.8. The Kier molecular flexibility index (Phi) is 22.2. The van der Waals surface area contributed by atoms with Crippen LogP contribution in [0.4, 0.5) is 0 Å². The summed E-state index contributed by atoms with van der Waals surface area (Å²) in [5.74, 6) is -1.30. The van der Waals surface area contributed by atoms with Gasteiger partial charge in [-0.25, -0.2) is 4.79 Å². The average Bonchev–Trinajstić information content (AvgIpc) is 2.46. The van der Waals surface area contributed by atoms with E-state index in [1.54, 1.807) is 0 Å². The summed E-state index contributed by atoms with van der Waals surface area (Å²) in [6.07, 6.45) is 1.04. The molecule has 0 atom stereocenters. The first-order valence-electron chi connectivity index (χ1n) is 5.65. The van der Waals surface area contributed by atoms with E-state index >= 15 is 0 Å². The number of hydrogen-bond donors (Lipinski definition) is 1. The Bertz CT molecular complexity index is 674. The van der Waals surface area contributed by atoms with E-state index < -0.39 is 11.7 Å². The number of carboxylic acids is 1. The fourth-order valence-electron chi connectivity index (χ4n) is 1.49. The van der Waals surface area contributed by atoms with Gasteiger partial charge in [-0.2, -0.15) is 14.7 Å². The smallest absolute Gasteiger partial charge is 1.00 e. The minimum Gasteiger partial charge on any atom is -1.00 e. The first-order valence-corrected chi connectivity index (χ1v) is 5.65. The topological polar surface area (TPSA) is 275 Å². The van der Waals surface area contributed by atoms with Gasteiger partial charge in [0.1, 0.15) is 0 Å². The molecule has 0 aromatic carbocycles. The SMILES string of the molecule is COc1cc(OC)nc(Oc2ccc[n+]([O-])c2C(=O)O)n1.O.O.O.O.O.[H-].[K+]. The standard InChI is InChI=1S/C12H11N3O6.K.5H2O.H/c1-19-8-6-9(20-2)14-12(13-8)21-7-4-3-5-15(18)10(7)11(16)17;;;;;;;/h3-6H,1-2H3,(H,16,17);;5*1H2;/q;+1;;;;;;-1. The summed E-state index contributed by atoms with van der Waals surface area (Å²) in [6.45, 7) is 0. The summed E-state index contributed by atoms with van der Waals surface area (Å²) in [6, 6.07) is 3.86. The van der Waals surface area contributed by atoms with Crippen molar-refractivity contribution in [1.82, 2.24) is 9.97 Å². The molecular weight excluding hydrogens is 401 g/mol. The molecule has 2 heterocycles. The Hall–Kier alpha value is -1.66. The van der Waals surface area contributed by atoms with Crippen molar-refractivity contribution in [3.8, 4) is 23.5 Å². The molecule has 0 aliphatic heterocycles. The zero-order chi connectivity index (χ0) is 15.4. The summed E-state index contributed by atoms with van der Waals surface area (Å²) in [5.41, 5.74) is -0.581. The van der Waals surface area contributed by atoms with E-state index in [-0.39, 0.29) is 108 Å². The van der Waals surface area contributed by atoms with Gasteiger partial charge in [-0.3, -0.25) is 0 Å². The Morgan fingerprint density at radius 1 is 1.11 bits per heavy atom. The second-order valence-electron chi connectivity index (χ2n) is 3.69. The third-order valence-electron chi connectivity index (χ3n) is 2.40. The van der Waals surface area contributed by atoms with E-state index in [4.69, 9.17) is 19.3 Å². The minimum absolute atomic E-state index is 0. The van der Waals surface area contributed by atoms with Crippen molar-refractivity contribution in [1.29, 1.82) is 0 Å². The predicted molar refractivity (Wildman–Crippen MR) is 86.8 cm³/mol. The second-order valence-corrected chi connectivity index (χ2v) is 3.69. The number of carboxylic acid groups (broad SMARTS) is 1. The van der Waals surface area contributed by atoms with Gasteiger partial charge in [0.15, 0.2) is 6.20 Å². The molecule has 0 saturated heterocycles. The number of aromatic nitrogens is 3. The molecule has 14 nitrogen and oxygen atoms in total. The first kappa shape index (κ1) is 36.3. The summed E-state index contributed by atoms with van der Waals surface area (Å²) >= 11 is 0. The molecular formula is C12H22KN3O11. The monoisotopic (exact) mass is 423 g/mol. The maximum Gasteiger partial charge on any atom is 1.00 e. The van der Waals surface area contributed by atoms with Crippen molar-refractivity contribution in [3.05, 3.63) is 35.3 Å². The normalized spacial score (nSPS) is 7.78. The van der Waals surface area contributed by atoms with Gasteiger partial charge in [0.05, 0.1) is 20.3 Å². The number of methoxy groups -OCH3 is 2. The van der Waals surface area contributed by atoms with Crippen LogP contribution in [0.5, 0.6) is 23.5 Å². The zero-order valence-electron chi connectivity index (χ0n) is 15.6. The number of hydrogen-bond acceptors (Lipinski definition) is 7. The van der Waals surface area contributed by atoms with E-state index in [0.29, 0.717) is 0 Å². The van der Waals surface area contributed by atoms with Crippen LogP contribution in [0.25, 0.3) is 0 Å². The second kappa shape index (κ2) is 16.5. The largest absolute Gasteiger partial charge is 1.00 e. The molecule has 11 N–H and O–H groups in total. The van der Waals surface area contributed by atoms with Crippen LogP contribution >= 0.6 is 0 Å². The maximum atomic E-state index is 11.5. The van der Waals surface area contributed by atoms with Crippen LogP contribution in [0.15, 0.2) is 24.4 Å². The van der Waals surface area contributed by atoms with Gasteiger partial charge in [-0.15, -0.1) is 0 Å². The third kappa shape index (κ3) is 9.20. The van der Waals surface area contributed by atoms with Gasteiger partial charge in [-0.1, -0.05) is 0 Å². The van der Waals surface area contributed by atoms with Gasteiger partial charge in [0, 0.05) is 6.07 Å². The predicted octanol–water partition coefficient (Wildman–Crippen LogP) is -6.39.